The first kappa shape index (κ1) is 24.2. The minimum atomic E-state index is -1.56. The fourth-order valence-electron chi connectivity index (χ4n) is 5.79. The lowest BCUT2D eigenvalue weighted by molar-refractivity contribution is -0.384. The van der Waals surface area contributed by atoms with Crippen molar-refractivity contribution in [2.45, 2.75) is 23.1 Å². The van der Waals surface area contributed by atoms with Gasteiger partial charge in [-0.3, -0.25) is 15.1 Å². The van der Waals surface area contributed by atoms with Crippen molar-refractivity contribution in [3.05, 3.63) is 112 Å². The number of non-ortho nitro benzene ring substituents is 1. The summed E-state index contributed by atoms with van der Waals surface area (Å²) in [6.45, 7) is 0.0788. The van der Waals surface area contributed by atoms with E-state index in [-0.39, 0.29) is 24.7 Å². The molecule has 0 amide bonds. The van der Waals surface area contributed by atoms with Gasteiger partial charge in [0.25, 0.3) is 17.2 Å². The molecule has 11 nitrogen and oxygen atoms in total. The topological polar surface area (TPSA) is 118 Å². The van der Waals surface area contributed by atoms with Crippen LogP contribution in [0, 0.1) is 10.1 Å². The average molecular weight is 556 g/mol. The van der Waals surface area contributed by atoms with Crippen LogP contribution in [0.25, 0.3) is 0 Å². The van der Waals surface area contributed by atoms with Crippen LogP contribution in [0.15, 0.2) is 102 Å². The smallest absolute Gasteiger partial charge is 0.378 e. The number of hydrazone groups is 1. The third kappa shape index (κ3) is 3.16. The van der Waals surface area contributed by atoms with Crippen molar-refractivity contribution in [1.82, 2.24) is 5.01 Å². The zero-order valence-electron chi connectivity index (χ0n) is 20.8. The van der Waals surface area contributed by atoms with Gasteiger partial charge >= 0.3 is 11.9 Å². The Morgan fingerprint density at radius 2 is 1.75 bits per heavy atom. The maximum Gasteiger partial charge on any atom is 0.378 e. The molecule has 2 fully saturated rings. The van der Waals surface area contributed by atoms with E-state index in [0.29, 0.717) is 11.4 Å². The van der Waals surface area contributed by atoms with Crippen molar-refractivity contribution >= 4 is 46.6 Å². The van der Waals surface area contributed by atoms with Gasteiger partial charge in [-0.25, -0.2) is 19.6 Å². The van der Waals surface area contributed by atoms with Gasteiger partial charge in [-0.1, -0.05) is 54.6 Å². The van der Waals surface area contributed by atoms with E-state index in [1.807, 2.05) is 72.1 Å². The molecule has 200 valence electrons. The maximum absolute atomic E-state index is 14.0. The molecular formula is C28H21N5O6S. The van der Waals surface area contributed by atoms with Gasteiger partial charge in [0.05, 0.1) is 22.3 Å². The number of hydrogen-bond donors (Lipinski definition) is 0. The van der Waals surface area contributed by atoms with Gasteiger partial charge < -0.3 is 9.47 Å². The average Bonchev–Trinajstić information content (AvgIpc) is 3.69. The normalized spacial score (nSPS) is 25.8. The Morgan fingerprint density at radius 1 is 1.05 bits per heavy atom. The molecule has 0 aliphatic carbocycles. The van der Waals surface area contributed by atoms with Crippen LogP contribution in [0.2, 0.25) is 0 Å². The van der Waals surface area contributed by atoms with Crippen LogP contribution in [-0.4, -0.2) is 50.8 Å². The summed E-state index contributed by atoms with van der Waals surface area (Å²) in [5.41, 5.74) is 0.294. The first-order valence-corrected chi connectivity index (χ1v) is 13.4. The molecule has 3 atom stereocenters. The molecule has 12 heteroatoms. The molecule has 3 aromatic rings. The molecule has 2 spiro atoms. The van der Waals surface area contributed by atoms with E-state index in [1.54, 1.807) is 27.2 Å². The van der Waals surface area contributed by atoms with Crippen molar-refractivity contribution in [1.29, 1.82) is 0 Å². The predicted octanol–water partition coefficient (Wildman–Crippen LogP) is 3.83. The zero-order chi connectivity index (χ0) is 27.5. The van der Waals surface area contributed by atoms with Gasteiger partial charge in [0, 0.05) is 12.1 Å². The minimum absolute atomic E-state index is 0.00999. The van der Waals surface area contributed by atoms with Crippen LogP contribution in [0.5, 0.6) is 0 Å². The molecule has 40 heavy (non-hydrogen) atoms. The Kier molecular flexibility index (Phi) is 5.36. The highest BCUT2D eigenvalue weighted by Gasteiger charge is 2.83. The second-order valence-corrected chi connectivity index (χ2v) is 10.8. The number of anilines is 2. The summed E-state index contributed by atoms with van der Waals surface area (Å²) in [6, 6.07) is 23.9. The van der Waals surface area contributed by atoms with Crippen molar-refractivity contribution in [2.24, 2.45) is 5.10 Å². The molecule has 4 aliphatic rings. The number of carbonyl (C=O) groups is 2. The summed E-state index contributed by atoms with van der Waals surface area (Å²) in [5.74, 6) is -1.38. The van der Waals surface area contributed by atoms with Crippen LogP contribution < -0.4 is 10.0 Å². The first-order valence-electron chi connectivity index (χ1n) is 12.5. The number of rotatable bonds is 6. The third-order valence-electron chi connectivity index (χ3n) is 7.52. The number of ether oxygens (including phenoxy) is 2. The van der Waals surface area contributed by atoms with E-state index >= 15 is 0 Å². The van der Waals surface area contributed by atoms with Crippen LogP contribution in [-0.2, 0) is 25.7 Å². The summed E-state index contributed by atoms with van der Waals surface area (Å²) >= 11 is 1.45. The molecule has 0 radical (unpaired) electrons. The number of hydrazine groups is 1. The summed E-state index contributed by atoms with van der Waals surface area (Å²) in [6.07, 6.45) is 1.95. The fourth-order valence-corrected chi connectivity index (χ4v) is 7.13. The summed E-state index contributed by atoms with van der Waals surface area (Å²) in [7, 11) is 0. The second kappa shape index (κ2) is 8.85. The number of carbonyl (C=O) groups excluding carboxylic acids is 2. The Hall–Kier alpha value is -4.84. The summed E-state index contributed by atoms with van der Waals surface area (Å²) < 4.78 is 10.5. The lowest BCUT2D eigenvalue weighted by Gasteiger charge is -2.40. The van der Waals surface area contributed by atoms with Gasteiger partial charge in [0.1, 0.15) is 18.0 Å². The van der Waals surface area contributed by atoms with Crippen molar-refractivity contribution in [3.63, 3.8) is 0 Å². The van der Waals surface area contributed by atoms with Crippen LogP contribution >= 0.6 is 11.8 Å². The lowest BCUT2D eigenvalue weighted by Crippen LogP contribution is -2.67. The van der Waals surface area contributed by atoms with Crippen molar-refractivity contribution in [2.75, 3.05) is 16.6 Å². The zero-order valence-corrected chi connectivity index (χ0v) is 21.6. The van der Waals surface area contributed by atoms with E-state index in [4.69, 9.17) is 14.6 Å². The van der Waals surface area contributed by atoms with Gasteiger partial charge in [-0.05, 0) is 35.2 Å². The fraction of sp³-hybridized carbons (Fsp3) is 0.179. The molecule has 7 rings (SSSR count). The number of thioether (sulfide) groups is 1. The molecule has 0 aromatic heterocycles. The Labute approximate surface area is 232 Å². The van der Waals surface area contributed by atoms with Crippen molar-refractivity contribution < 1.29 is 24.0 Å². The van der Waals surface area contributed by atoms with Crippen LogP contribution in [0.1, 0.15) is 5.56 Å². The highest BCUT2D eigenvalue weighted by molar-refractivity contribution is 8.04. The number of para-hydroxylation sites is 1. The van der Waals surface area contributed by atoms with Gasteiger partial charge in [-0.15, -0.1) is 16.9 Å². The standard InChI is InChI=1S/C28H21N5O6S/c34-25(38-17-19-7-3-1-4-8-19)24-29-31(21-9-5-2-6-10-21)28-26(35)39-18-27(28)23(15-16-40-27)30(32(24)28)20-11-13-22(14-12-20)33(36)37/h1-16,23H,17-18H2/t23-,27+,28-/m1/s1. The molecule has 2 saturated heterocycles. The molecule has 0 bridgehead atoms. The third-order valence-corrected chi connectivity index (χ3v) is 8.88. The van der Waals surface area contributed by atoms with Crippen LogP contribution in [0.3, 0.4) is 0 Å². The second-order valence-electron chi connectivity index (χ2n) is 9.59. The van der Waals surface area contributed by atoms with Gasteiger partial charge in [0.15, 0.2) is 0 Å². The maximum atomic E-state index is 14.0. The van der Waals surface area contributed by atoms with E-state index in [9.17, 15) is 19.7 Å². The van der Waals surface area contributed by atoms with E-state index < -0.39 is 33.3 Å². The predicted molar refractivity (Wildman–Crippen MR) is 147 cm³/mol. The quantitative estimate of drug-likeness (QED) is 0.252. The Balaban J connectivity index is 1.39. The largest absolute Gasteiger partial charge is 0.461 e. The molecular weight excluding hydrogens is 534 g/mol. The molecule has 3 aromatic carbocycles. The SMILES string of the molecule is O=C(OCc1ccccc1)C1=NN(c2ccccc2)[C@@]23C(=O)OC[C@@]24SC=C[C@H]4N(c2ccc([N+](=O)[O-])cc2)N13. The highest BCUT2D eigenvalue weighted by atomic mass is 32.2. The number of esters is 2. The number of amidine groups is 1. The van der Waals surface area contributed by atoms with Crippen molar-refractivity contribution in [3.8, 4) is 0 Å². The van der Waals surface area contributed by atoms with E-state index in [0.717, 1.165) is 5.56 Å². The summed E-state index contributed by atoms with van der Waals surface area (Å²) in [4.78, 5) is 38.6. The molecule has 4 heterocycles. The number of benzene rings is 3. The van der Waals surface area contributed by atoms with E-state index in [2.05, 4.69) is 0 Å². The molecule has 0 N–H and O–H groups in total. The highest BCUT2D eigenvalue weighted by Crippen LogP contribution is 2.63. The molecule has 0 unspecified atom stereocenters. The minimum Gasteiger partial charge on any atom is -0.461 e. The first-order chi connectivity index (χ1) is 19.5. The summed E-state index contributed by atoms with van der Waals surface area (Å²) in [5, 5.41) is 22.9. The molecule has 0 saturated carbocycles. The van der Waals surface area contributed by atoms with Gasteiger partial charge in [-0.2, -0.15) is 0 Å². The van der Waals surface area contributed by atoms with E-state index in [1.165, 1.54) is 23.9 Å². The number of cyclic esters (lactones) is 1. The molecule has 4 aliphatic heterocycles. The number of nitro benzene ring substituents is 1. The Bertz CT molecular complexity index is 1580. The lowest BCUT2D eigenvalue weighted by atomic mass is 9.88. The number of hydrogen-bond acceptors (Lipinski definition) is 11. The number of nitrogens with zero attached hydrogens (tertiary/aromatic N) is 5. The Morgan fingerprint density at radius 3 is 2.45 bits per heavy atom. The van der Waals surface area contributed by atoms with Crippen LogP contribution in [0.4, 0.5) is 17.1 Å². The number of nitro groups is 1. The monoisotopic (exact) mass is 555 g/mol. The van der Waals surface area contributed by atoms with Gasteiger partial charge in [0.2, 0.25) is 0 Å².